The minimum Gasteiger partial charge on any atom is -0.369 e. The molecule has 1 aliphatic heterocycles. The maximum Gasteiger partial charge on any atom is 0.232 e. The zero-order chi connectivity index (χ0) is 26.0. The van der Waals surface area contributed by atoms with Crippen molar-refractivity contribution in [2.45, 2.75) is 44.4 Å². The molecule has 1 heterocycles. The Bertz CT molecular complexity index is 1100. The van der Waals surface area contributed by atoms with E-state index in [0.29, 0.717) is 18.9 Å². The van der Waals surface area contributed by atoms with Crippen LogP contribution in [0.1, 0.15) is 60.3 Å². The normalized spacial score (nSPS) is 15.4. The number of hydrogen-bond donors (Lipinski definition) is 2. The number of benzene rings is 3. The van der Waals surface area contributed by atoms with E-state index in [1.54, 1.807) is 0 Å². The third-order valence-corrected chi connectivity index (χ3v) is 7.52. The fourth-order valence-corrected chi connectivity index (χ4v) is 5.32. The second-order valence-electron chi connectivity index (χ2n) is 10.3. The van der Waals surface area contributed by atoms with E-state index in [2.05, 4.69) is 34.5 Å². The molecule has 1 fully saturated rings. The van der Waals surface area contributed by atoms with Crippen molar-refractivity contribution in [1.29, 1.82) is 0 Å². The van der Waals surface area contributed by atoms with Gasteiger partial charge >= 0.3 is 0 Å². The summed E-state index contributed by atoms with van der Waals surface area (Å²) in [5, 5.41) is 3.19. The Morgan fingerprint density at radius 2 is 1.54 bits per heavy atom. The van der Waals surface area contributed by atoms with Gasteiger partial charge in [-0.05, 0) is 73.5 Å². The largest absolute Gasteiger partial charge is 0.369 e. The summed E-state index contributed by atoms with van der Waals surface area (Å²) in [6.07, 6.45) is 3.90. The first-order valence-electron chi connectivity index (χ1n) is 13.5. The highest BCUT2D eigenvalue weighted by atomic mass is 16.2. The number of amides is 2. The van der Waals surface area contributed by atoms with Gasteiger partial charge in [0, 0.05) is 12.5 Å². The summed E-state index contributed by atoms with van der Waals surface area (Å²) in [4.78, 5) is 27.1. The van der Waals surface area contributed by atoms with Gasteiger partial charge < -0.3 is 16.0 Å². The summed E-state index contributed by atoms with van der Waals surface area (Å²) in [5.41, 5.74) is 10.0. The SMILES string of the molecule is CC(Cc1cccc(C2CCN(CCCNC(=O)C(c3ccccc3)c3ccccc3)CC2)c1)C(N)=O. The number of hydrogen-bond acceptors (Lipinski definition) is 3. The molecule has 4 rings (SSSR count). The van der Waals surface area contributed by atoms with Crippen LogP contribution in [0.2, 0.25) is 0 Å². The molecule has 0 aromatic heterocycles. The summed E-state index contributed by atoms with van der Waals surface area (Å²) in [7, 11) is 0. The van der Waals surface area contributed by atoms with E-state index in [0.717, 1.165) is 50.0 Å². The van der Waals surface area contributed by atoms with Crippen LogP contribution in [0.25, 0.3) is 0 Å². The maximum atomic E-state index is 13.2. The van der Waals surface area contributed by atoms with Crippen molar-refractivity contribution in [3.05, 3.63) is 107 Å². The summed E-state index contributed by atoms with van der Waals surface area (Å²) in [6, 6.07) is 28.7. The minimum absolute atomic E-state index is 0.0571. The van der Waals surface area contributed by atoms with Crippen molar-refractivity contribution in [2.75, 3.05) is 26.2 Å². The Hall–Kier alpha value is -3.44. The first-order valence-corrected chi connectivity index (χ1v) is 13.5. The zero-order valence-electron chi connectivity index (χ0n) is 21.8. The van der Waals surface area contributed by atoms with Crippen LogP contribution < -0.4 is 11.1 Å². The first-order chi connectivity index (χ1) is 18.0. The number of primary amides is 1. The summed E-state index contributed by atoms with van der Waals surface area (Å²) >= 11 is 0. The Kier molecular flexibility index (Phi) is 9.50. The maximum absolute atomic E-state index is 13.2. The molecule has 5 nitrogen and oxygen atoms in total. The third kappa shape index (κ3) is 7.53. The molecule has 0 aliphatic carbocycles. The molecule has 3 aromatic rings. The first kappa shape index (κ1) is 26.6. The average Bonchev–Trinajstić information content (AvgIpc) is 2.93. The lowest BCUT2D eigenvalue weighted by molar-refractivity contribution is -0.122. The predicted octanol–water partition coefficient (Wildman–Crippen LogP) is 4.87. The molecule has 0 saturated carbocycles. The van der Waals surface area contributed by atoms with E-state index >= 15 is 0 Å². The smallest absolute Gasteiger partial charge is 0.232 e. The highest BCUT2D eigenvalue weighted by Crippen LogP contribution is 2.29. The van der Waals surface area contributed by atoms with Crippen molar-refractivity contribution < 1.29 is 9.59 Å². The van der Waals surface area contributed by atoms with Gasteiger partial charge in [-0.3, -0.25) is 9.59 Å². The molecule has 1 saturated heterocycles. The van der Waals surface area contributed by atoms with E-state index in [9.17, 15) is 9.59 Å². The van der Waals surface area contributed by atoms with Crippen molar-refractivity contribution in [3.63, 3.8) is 0 Å². The van der Waals surface area contributed by atoms with E-state index in [-0.39, 0.29) is 23.7 Å². The van der Waals surface area contributed by atoms with Gasteiger partial charge in [0.05, 0.1) is 5.92 Å². The second-order valence-corrected chi connectivity index (χ2v) is 10.3. The van der Waals surface area contributed by atoms with E-state index in [4.69, 9.17) is 5.73 Å². The number of carbonyl (C=O) groups excluding carboxylic acids is 2. The Labute approximate surface area is 221 Å². The molecular weight excluding hydrogens is 458 g/mol. The van der Waals surface area contributed by atoms with Gasteiger partial charge in [-0.1, -0.05) is 91.9 Å². The van der Waals surface area contributed by atoms with Crippen molar-refractivity contribution in [2.24, 2.45) is 11.7 Å². The number of piperidine rings is 1. The average molecular weight is 498 g/mol. The van der Waals surface area contributed by atoms with Crippen LogP contribution >= 0.6 is 0 Å². The fourth-order valence-electron chi connectivity index (χ4n) is 5.32. The highest BCUT2D eigenvalue weighted by molar-refractivity contribution is 5.87. The molecule has 0 spiro atoms. The Morgan fingerprint density at radius 3 is 2.14 bits per heavy atom. The molecule has 1 aliphatic rings. The fraction of sp³-hybridized carbons (Fsp3) is 0.375. The van der Waals surface area contributed by atoms with Crippen LogP contribution in [0.4, 0.5) is 0 Å². The molecule has 3 aromatic carbocycles. The molecular formula is C32H39N3O2. The van der Waals surface area contributed by atoms with Crippen LogP contribution in [0.15, 0.2) is 84.9 Å². The molecule has 5 heteroatoms. The lowest BCUT2D eigenvalue weighted by Gasteiger charge is -2.32. The van der Waals surface area contributed by atoms with E-state index < -0.39 is 0 Å². The number of nitrogens with two attached hydrogens (primary N) is 1. The van der Waals surface area contributed by atoms with Gasteiger partial charge in [0.25, 0.3) is 0 Å². The van der Waals surface area contributed by atoms with Gasteiger partial charge in [0.2, 0.25) is 11.8 Å². The summed E-state index contributed by atoms with van der Waals surface area (Å²) < 4.78 is 0. The van der Waals surface area contributed by atoms with Crippen LogP contribution in [0, 0.1) is 5.92 Å². The van der Waals surface area contributed by atoms with Crippen LogP contribution in [-0.4, -0.2) is 42.9 Å². The van der Waals surface area contributed by atoms with Crippen LogP contribution in [0.5, 0.6) is 0 Å². The number of likely N-dealkylation sites (tertiary alicyclic amines) is 1. The quantitative estimate of drug-likeness (QED) is 0.371. The molecule has 3 N–H and O–H groups in total. The lowest BCUT2D eigenvalue weighted by atomic mass is 9.87. The number of carbonyl (C=O) groups is 2. The van der Waals surface area contributed by atoms with Crippen LogP contribution in [0.3, 0.4) is 0 Å². The van der Waals surface area contributed by atoms with Gasteiger partial charge in [0.15, 0.2) is 0 Å². The molecule has 2 amide bonds. The molecule has 0 bridgehead atoms. The summed E-state index contributed by atoms with van der Waals surface area (Å²) in [5.74, 6) is -0.0717. The van der Waals surface area contributed by atoms with Crippen molar-refractivity contribution in [3.8, 4) is 0 Å². The number of nitrogens with zero attached hydrogens (tertiary/aromatic N) is 1. The molecule has 0 radical (unpaired) electrons. The predicted molar refractivity (Wildman–Crippen MR) is 149 cm³/mol. The molecule has 1 atom stereocenters. The minimum atomic E-state index is -0.292. The van der Waals surface area contributed by atoms with Gasteiger partial charge in [0.1, 0.15) is 0 Å². The topological polar surface area (TPSA) is 75.4 Å². The third-order valence-electron chi connectivity index (χ3n) is 7.52. The van der Waals surface area contributed by atoms with Gasteiger partial charge in [-0.15, -0.1) is 0 Å². The molecule has 37 heavy (non-hydrogen) atoms. The van der Waals surface area contributed by atoms with E-state index in [1.807, 2.05) is 67.6 Å². The summed E-state index contributed by atoms with van der Waals surface area (Å²) in [6.45, 7) is 5.69. The Balaban J connectivity index is 1.23. The standard InChI is InChI=1S/C32H39N3O2/c1-24(31(33)36)22-25-10-8-15-29(23-25)26-16-20-35(21-17-26)19-9-18-34-32(37)30(27-11-4-2-5-12-27)28-13-6-3-7-14-28/h2-8,10-15,23-24,26,30H,9,16-22H2,1H3,(H2,33,36)(H,34,37). The monoisotopic (exact) mass is 497 g/mol. The number of nitrogens with one attached hydrogen (secondary N) is 1. The van der Waals surface area contributed by atoms with Crippen LogP contribution in [-0.2, 0) is 16.0 Å². The number of rotatable bonds is 11. The van der Waals surface area contributed by atoms with Crippen molar-refractivity contribution in [1.82, 2.24) is 10.2 Å². The molecule has 194 valence electrons. The van der Waals surface area contributed by atoms with Crippen molar-refractivity contribution >= 4 is 11.8 Å². The molecule has 1 unspecified atom stereocenters. The zero-order valence-corrected chi connectivity index (χ0v) is 21.8. The highest BCUT2D eigenvalue weighted by Gasteiger charge is 2.23. The second kappa shape index (κ2) is 13.2. The van der Waals surface area contributed by atoms with Gasteiger partial charge in [-0.2, -0.15) is 0 Å². The van der Waals surface area contributed by atoms with Gasteiger partial charge in [-0.25, -0.2) is 0 Å². The Morgan fingerprint density at radius 1 is 0.919 bits per heavy atom. The van der Waals surface area contributed by atoms with E-state index in [1.165, 1.54) is 11.1 Å². The lowest BCUT2D eigenvalue weighted by Crippen LogP contribution is -2.36.